The molecular weight excluding hydrogens is 355 g/mol. The van der Waals surface area contributed by atoms with Crippen molar-refractivity contribution in [1.82, 2.24) is 9.97 Å². The Morgan fingerprint density at radius 3 is 2.37 bits per heavy atom. The highest BCUT2D eigenvalue weighted by Gasteiger charge is 2.13. The van der Waals surface area contributed by atoms with Gasteiger partial charge in [0.1, 0.15) is 11.5 Å². The molecule has 0 atom stereocenters. The van der Waals surface area contributed by atoms with Gasteiger partial charge in [-0.25, -0.2) is 9.97 Å². The van der Waals surface area contributed by atoms with Gasteiger partial charge < -0.3 is 11.1 Å². The zero-order valence-electron chi connectivity index (χ0n) is 9.32. The van der Waals surface area contributed by atoms with Crippen molar-refractivity contribution in [3.63, 3.8) is 0 Å². The van der Waals surface area contributed by atoms with Gasteiger partial charge in [0.25, 0.3) is 5.91 Å². The molecule has 2 aromatic rings. The molecular formula is C11H7BrCl2N4O. The fourth-order valence-electron chi connectivity index (χ4n) is 1.29. The van der Waals surface area contributed by atoms with Gasteiger partial charge in [-0.05, 0) is 12.1 Å². The molecule has 0 aliphatic heterocycles. The first-order chi connectivity index (χ1) is 8.97. The van der Waals surface area contributed by atoms with Gasteiger partial charge in [-0.2, -0.15) is 0 Å². The van der Waals surface area contributed by atoms with Crippen LogP contribution in [0.2, 0.25) is 10.0 Å². The van der Waals surface area contributed by atoms with Crippen LogP contribution in [0.25, 0.3) is 0 Å². The Labute approximate surface area is 127 Å². The van der Waals surface area contributed by atoms with Crippen LogP contribution in [0.15, 0.2) is 29.0 Å². The van der Waals surface area contributed by atoms with Crippen molar-refractivity contribution in [2.75, 3.05) is 11.1 Å². The quantitative estimate of drug-likeness (QED) is 0.859. The standard InChI is InChI=1S/C11H7BrCl2N4O/c12-5-1-6(13)10(7(14)2-5)18-11(19)8-3-17-9(15)4-16-8/h1-4H,(H2,15,17)(H,18,19). The normalized spacial score (nSPS) is 10.3. The molecule has 2 rings (SSSR count). The molecule has 0 aliphatic carbocycles. The summed E-state index contributed by atoms with van der Waals surface area (Å²) in [4.78, 5) is 19.6. The van der Waals surface area contributed by atoms with Crippen LogP contribution >= 0.6 is 39.1 Å². The van der Waals surface area contributed by atoms with Gasteiger partial charge in [0.15, 0.2) is 0 Å². The molecule has 0 spiro atoms. The topological polar surface area (TPSA) is 80.9 Å². The summed E-state index contributed by atoms with van der Waals surface area (Å²) >= 11 is 15.3. The Morgan fingerprint density at radius 1 is 1.21 bits per heavy atom. The maximum atomic E-state index is 11.9. The number of rotatable bonds is 2. The van der Waals surface area contributed by atoms with Crippen molar-refractivity contribution < 1.29 is 4.79 Å². The molecule has 19 heavy (non-hydrogen) atoms. The second-order valence-electron chi connectivity index (χ2n) is 3.53. The summed E-state index contributed by atoms with van der Waals surface area (Å²) in [6, 6.07) is 3.25. The molecule has 8 heteroatoms. The highest BCUT2D eigenvalue weighted by molar-refractivity contribution is 9.10. The lowest BCUT2D eigenvalue weighted by molar-refractivity contribution is 0.102. The van der Waals surface area contributed by atoms with E-state index in [1.165, 1.54) is 12.4 Å². The first kappa shape index (κ1) is 14.0. The molecule has 1 heterocycles. The molecule has 0 bridgehead atoms. The number of nitrogens with zero attached hydrogens (tertiary/aromatic N) is 2. The molecule has 0 saturated heterocycles. The summed E-state index contributed by atoms with van der Waals surface area (Å²) in [6.45, 7) is 0. The first-order valence-electron chi connectivity index (χ1n) is 5.01. The molecule has 3 N–H and O–H groups in total. The minimum Gasteiger partial charge on any atom is -0.382 e. The Balaban J connectivity index is 2.26. The predicted octanol–water partition coefficient (Wildman–Crippen LogP) is 3.38. The summed E-state index contributed by atoms with van der Waals surface area (Å²) in [5.74, 6) is -0.241. The summed E-state index contributed by atoms with van der Waals surface area (Å²) in [7, 11) is 0. The van der Waals surface area contributed by atoms with Crippen molar-refractivity contribution in [3.8, 4) is 0 Å². The van der Waals surface area contributed by atoms with E-state index in [1.54, 1.807) is 12.1 Å². The highest BCUT2D eigenvalue weighted by Crippen LogP contribution is 2.33. The number of anilines is 2. The third-order valence-corrected chi connectivity index (χ3v) is 3.20. The number of nitrogens with two attached hydrogens (primary N) is 1. The second kappa shape index (κ2) is 5.73. The number of aromatic nitrogens is 2. The van der Waals surface area contributed by atoms with Crippen LogP contribution in [-0.2, 0) is 0 Å². The molecule has 5 nitrogen and oxygen atoms in total. The van der Waals surface area contributed by atoms with Crippen molar-refractivity contribution in [2.45, 2.75) is 0 Å². The Kier molecular flexibility index (Phi) is 4.24. The number of carbonyl (C=O) groups is 1. The predicted molar refractivity (Wildman–Crippen MR) is 78.6 cm³/mol. The largest absolute Gasteiger partial charge is 0.382 e. The van der Waals surface area contributed by atoms with Crippen molar-refractivity contribution in [1.29, 1.82) is 0 Å². The van der Waals surface area contributed by atoms with Gasteiger partial charge >= 0.3 is 0 Å². The van der Waals surface area contributed by atoms with Crippen LogP contribution < -0.4 is 11.1 Å². The van der Waals surface area contributed by atoms with Crippen molar-refractivity contribution >= 4 is 56.5 Å². The number of carbonyl (C=O) groups excluding carboxylic acids is 1. The van der Waals surface area contributed by atoms with Gasteiger partial charge in [0, 0.05) is 4.47 Å². The minimum atomic E-state index is -0.473. The van der Waals surface area contributed by atoms with Gasteiger partial charge in [-0.1, -0.05) is 39.1 Å². The van der Waals surface area contributed by atoms with Gasteiger partial charge in [0.05, 0.1) is 28.1 Å². The maximum Gasteiger partial charge on any atom is 0.275 e. The van der Waals surface area contributed by atoms with Crippen LogP contribution in [0.3, 0.4) is 0 Å². The van der Waals surface area contributed by atoms with Gasteiger partial charge in [-0.15, -0.1) is 0 Å². The molecule has 1 aromatic carbocycles. The number of hydrogen-bond acceptors (Lipinski definition) is 4. The van der Waals surface area contributed by atoms with Gasteiger partial charge in [0.2, 0.25) is 0 Å². The Bertz CT molecular complexity index is 610. The van der Waals surface area contributed by atoms with E-state index in [2.05, 4.69) is 31.2 Å². The van der Waals surface area contributed by atoms with E-state index < -0.39 is 5.91 Å². The van der Waals surface area contributed by atoms with Crippen LogP contribution in [-0.4, -0.2) is 15.9 Å². The Hall–Kier alpha value is -1.37. The summed E-state index contributed by atoms with van der Waals surface area (Å²) in [5, 5.41) is 3.21. The van der Waals surface area contributed by atoms with Crippen LogP contribution in [0.5, 0.6) is 0 Å². The average molecular weight is 362 g/mol. The maximum absolute atomic E-state index is 11.9. The van der Waals surface area contributed by atoms with E-state index in [0.29, 0.717) is 20.2 Å². The SMILES string of the molecule is Nc1cnc(C(=O)Nc2c(Cl)cc(Br)cc2Cl)cn1. The van der Waals surface area contributed by atoms with E-state index >= 15 is 0 Å². The number of hydrogen-bond donors (Lipinski definition) is 2. The van der Waals surface area contributed by atoms with Crippen LogP contribution in [0.1, 0.15) is 10.5 Å². The zero-order chi connectivity index (χ0) is 14.0. The van der Waals surface area contributed by atoms with E-state index in [0.717, 1.165) is 0 Å². The Morgan fingerprint density at radius 2 is 1.84 bits per heavy atom. The third kappa shape index (κ3) is 3.34. The fraction of sp³-hybridized carbons (Fsp3) is 0. The van der Waals surface area contributed by atoms with Crippen molar-refractivity contribution in [2.24, 2.45) is 0 Å². The fourth-order valence-corrected chi connectivity index (χ4v) is 2.60. The molecule has 0 saturated carbocycles. The molecule has 0 radical (unpaired) electrons. The molecule has 98 valence electrons. The lowest BCUT2D eigenvalue weighted by Crippen LogP contribution is -2.15. The molecule has 1 aromatic heterocycles. The van der Waals surface area contributed by atoms with E-state index in [9.17, 15) is 4.79 Å². The molecule has 0 unspecified atom stereocenters. The summed E-state index contributed by atoms with van der Waals surface area (Å²) in [6.07, 6.45) is 2.56. The number of nitrogens with one attached hydrogen (secondary N) is 1. The third-order valence-electron chi connectivity index (χ3n) is 2.15. The lowest BCUT2D eigenvalue weighted by atomic mass is 10.3. The monoisotopic (exact) mass is 360 g/mol. The number of nitrogen functional groups attached to an aromatic ring is 1. The van der Waals surface area contributed by atoms with E-state index in [-0.39, 0.29) is 11.5 Å². The van der Waals surface area contributed by atoms with Crippen LogP contribution in [0.4, 0.5) is 11.5 Å². The second-order valence-corrected chi connectivity index (χ2v) is 5.26. The average Bonchev–Trinajstić information content (AvgIpc) is 2.34. The first-order valence-corrected chi connectivity index (χ1v) is 6.55. The summed E-state index contributed by atoms with van der Waals surface area (Å²) < 4.78 is 0.716. The van der Waals surface area contributed by atoms with Gasteiger partial charge in [-0.3, -0.25) is 4.79 Å². The zero-order valence-corrected chi connectivity index (χ0v) is 12.4. The lowest BCUT2D eigenvalue weighted by Gasteiger charge is -2.09. The smallest absolute Gasteiger partial charge is 0.275 e. The van der Waals surface area contributed by atoms with Crippen LogP contribution in [0, 0.1) is 0 Å². The molecule has 1 amide bonds. The minimum absolute atomic E-state index is 0.115. The van der Waals surface area contributed by atoms with E-state index in [1.807, 2.05) is 0 Å². The highest BCUT2D eigenvalue weighted by atomic mass is 79.9. The summed E-state index contributed by atoms with van der Waals surface area (Å²) in [5.41, 5.74) is 5.82. The molecule has 0 aliphatic rings. The van der Waals surface area contributed by atoms with E-state index in [4.69, 9.17) is 28.9 Å². The number of halogens is 3. The van der Waals surface area contributed by atoms with Crippen molar-refractivity contribution in [3.05, 3.63) is 44.7 Å². The number of amides is 1. The molecule has 0 fully saturated rings. The number of benzene rings is 1.